The van der Waals surface area contributed by atoms with Crippen LogP contribution in [-0.2, 0) is 0 Å². The Bertz CT molecular complexity index is 91.6. The van der Waals surface area contributed by atoms with Crippen LogP contribution in [0.3, 0.4) is 0 Å². The first-order valence-corrected chi connectivity index (χ1v) is 4.28. The van der Waals surface area contributed by atoms with E-state index in [1.54, 1.807) is 6.92 Å². The Morgan fingerprint density at radius 1 is 1.36 bits per heavy atom. The number of hydrogen-bond donors (Lipinski definition) is 2. The molecule has 0 heterocycles. The summed E-state index contributed by atoms with van der Waals surface area (Å²) in [5, 5.41) is 18.7. The molecule has 0 amide bonds. The minimum absolute atomic E-state index is 0.0109. The lowest BCUT2D eigenvalue weighted by atomic mass is 9.91. The molecule has 0 aromatic carbocycles. The molecule has 0 saturated heterocycles. The molecule has 0 bridgehead atoms. The fourth-order valence-electron chi connectivity index (χ4n) is 1.36. The summed E-state index contributed by atoms with van der Waals surface area (Å²) in [7, 11) is 0. The van der Waals surface area contributed by atoms with Gasteiger partial charge in [-0.1, -0.05) is 20.3 Å². The third-order valence-electron chi connectivity index (χ3n) is 2.09. The summed E-state index contributed by atoms with van der Waals surface area (Å²) >= 11 is 0. The summed E-state index contributed by atoms with van der Waals surface area (Å²) in [6.45, 7) is 7.36. The van der Waals surface area contributed by atoms with Gasteiger partial charge in [-0.3, -0.25) is 0 Å². The molecule has 3 unspecified atom stereocenters. The predicted molar refractivity (Wildman–Crippen MR) is 46.1 cm³/mol. The normalized spacial score (nSPS) is 19.4. The van der Waals surface area contributed by atoms with Crippen molar-refractivity contribution in [3.05, 3.63) is 6.92 Å². The highest BCUT2D eigenvalue weighted by Gasteiger charge is 2.20. The molecule has 2 heteroatoms. The Hall–Kier alpha value is -0.0800. The van der Waals surface area contributed by atoms with E-state index in [4.69, 9.17) is 0 Å². The van der Waals surface area contributed by atoms with Gasteiger partial charge < -0.3 is 10.2 Å². The SMILES string of the molecule is [CH2]CCC(O)C(CC)C(C)O. The summed E-state index contributed by atoms with van der Waals surface area (Å²) in [5.41, 5.74) is 0. The molecule has 0 aliphatic heterocycles. The molecule has 0 rings (SSSR count). The zero-order chi connectivity index (χ0) is 8.85. The van der Waals surface area contributed by atoms with Crippen LogP contribution < -0.4 is 0 Å². The van der Waals surface area contributed by atoms with Crippen molar-refractivity contribution >= 4 is 0 Å². The van der Waals surface area contributed by atoms with E-state index in [2.05, 4.69) is 6.92 Å². The summed E-state index contributed by atoms with van der Waals surface area (Å²) in [6.07, 6.45) is 1.42. The van der Waals surface area contributed by atoms with Gasteiger partial charge >= 0.3 is 0 Å². The molecule has 0 aliphatic rings. The minimum atomic E-state index is -0.415. The maximum Gasteiger partial charge on any atom is 0.0592 e. The lowest BCUT2D eigenvalue weighted by Crippen LogP contribution is -2.29. The molecule has 0 fully saturated rings. The van der Waals surface area contributed by atoms with E-state index in [9.17, 15) is 10.2 Å². The first-order chi connectivity index (χ1) is 5.13. The van der Waals surface area contributed by atoms with Gasteiger partial charge in [0.25, 0.3) is 0 Å². The van der Waals surface area contributed by atoms with Crippen molar-refractivity contribution in [2.75, 3.05) is 0 Å². The average molecular weight is 159 g/mol. The smallest absolute Gasteiger partial charge is 0.0592 e. The molecule has 3 atom stereocenters. The van der Waals surface area contributed by atoms with Crippen LogP contribution in [0.25, 0.3) is 0 Å². The molecule has 1 radical (unpaired) electrons. The number of hydrogen-bond acceptors (Lipinski definition) is 2. The first-order valence-electron chi connectivity index (χ1n) is 4.28. The molecule has 0 spiro atoms. The standard InChI is InChI=1S/C9H19O2/c1-4-6-9(11)8(5-2)7(3)10/h7-11H,1,4-6H2,2-3H3. The van der Waals surface area contributed by atoms with Crippen molar-refractivity contribution in [2.45, 2.75) is 45.3 Å². The van der Waals surface area contributed by atoms with Gasteiger partial charge in [-0.15, -0.1) is 0 Å². The zero-order valence-electron chi connectivity index (χ0n) is 7.45. The zero-order valence-corrected chi connectivity index (χ0v) is 7.45. The van der Waals surface area contributed by atoms with Crippen LogP contribution in [0.15, 0.2) is 0 Å². The molecule has 0 aliphatic carbocycles. The van der Waals surface area contributed by atoms with Crippen LogP contribution in [0, 0.1) is 12.8 Å². The van der Waals surface area contributed by atoms with Gasteiger partial charge in [0, 0.05) is 5.92 Å². The van der Waals surface area contributed by atoms with Crippen molar-refractivity contribution in [2.24, 2.45) is 5.92 Å². The summed E-state index contributed by atoms with van der Waals surface area (Å²) in [4.78, 5) is 0. The van der Waals surface area contributed by atoms with Crippen molar-refractivity contribution in [1.82, 2.24) is 0 Å². The van der Waals surface area contributed by atoms with Gasteiger partial charge in [-0.25, -0.2) is 0 Å². The molecule has 0 aromatic rings. The summed E-state index contributed by atoms with van der Waals surface area (Å²) in [6, 6.07) is 0. The molecule has 67 valence electrons. The summed E-state index contributed by atoms with van der Waals surface area (Å²) < 4.78 is 0. The van der Waals surface area contributed by atoms with E-state index < -0.39 is 12.2 Å². The Morgan fingerprint density at radius 2 is 1.91 bits per heavy atom. The van der Waals surface area contributed by atoms with Crippen molar-refractivity contribution < 1.29 is 10.2 Å². The number of aliphatic hydroxyl groups excluding tert-OH is 2. The highest BCUT2D eigenvalue weighted by atomic mass is 16.3. The second-order valence-electron chi connectivity index (χ2n) is 3.02. The van der Waals surface area contributed by atoms with Crippen LogP contribution in [0.2, 0.25) is 0 Å². The van der Waals surface area contributed by atoms with E-state index in [1.165, 1.54) is 0 Å². The molecule has 0 saturated carbocycles. The van der Waals surface area contributed by atoms with Crippen LogP contribution in [-0.4, -0.2) is 22.4 Å². The quantitative estimate of drug-likeness (QED) is 0.636. The minimum Gasteiger partial charge on any atom is -0.393 e. The number of rotatable bonds is 5. The molecule has 11 heavy (non-hydrogen) atoms. The summed E-state index contributed by atoms with van der Waals surface area (Å²) in [5.74, 6) is 0.0109. The largest absolute Gasteiger partial charge is 0.393 e. The second kappa shape index (κ2) is 5.56. The van der Waals surface area contributed by atoms with Crippen molar-refractivity contribution in [3.8, 4) is 0 Å². The third kappa shape index (κ3) is 3.73. The van der Waals surface area contributed by atoms with E-state index in [0.29, 0.717) is 6.42 Å². The fraction of sp³-hybridized carbons (Fsp3) is 0.889. The van der Waals surface area contributed by atoms with Gasteiger partial charge in [-0.2, -0.15) is 0 Å². The monoisotopic (exact) mass is 159 g/mol. The second-order valence-corrected chi connectivity index (χ2v) is 3.02. The molecule has 0 aromatic heterocycles. The maximum atomic E-state index is 9.48. The van der Waals surface area contributed by atoms with E-state index in [-0.39, 0.29) is 5.92 Å². The average Bonchev–Trinajstić information content (AvgIpc) is 1.88. The predicted octanol–water partition coefficient (Wildman–Crippen LogP) is 1.37. The van der Waals surface area contributed by atoms with Crippen LogP contribution in [0.4, 0.5) is 0 Å². The van der Waals surface area contributed by atoms with Gasteiger partial charge in [0.05, 0.1) is 12.2 Å². The lowest BCUT2D eigenvalue weighted by Gasteiger charge is -2.23. The molecular weight excluding hydrogens is 140 g/mol. The van der Waals surface area contributed by atoms with Crippen molar-refractivity contribution in [1.29, 1.82) is 0 Å². The van der Waals surface area contributed by atoms with Gasteiger partial charge in [0.1, 0.15) is 0 Å². The van der Waals surface area contributed by atoms with Gasteiger partial charge in [0.2, 0.25) is 0 Å². The first kappa shape index (κ1) is 10.9. The van der Waals surface area contributed by atoms with Crippen LogP contribution in [0.5, 0.6) is 0 Å². The Balaban J connectivity index is 3.81. The van der Waals surface area contributed by atoms with E-state index >= 15 is 0 Å². The third-order valence-corrected chi connectivity index (χ3v) is 2.09. The molecule has 2 N–H and O–H groups in total. The topological polar surface area (TPSA) is 40.5 Å². The Morgan fingerprint density at radius 3 is 2.18 bits per heavy atom. The highest BCUT2D eigenvalue weighted by molar-refractivity contribution is 4.72. The molecule has 2 nitrogen and oxygen atoms in total. The lowest BCUT2D eigenvalue weighted by molar-refractivity contribution is 0.0159. The van der Waals surface area contributed by atoms with Gasteiger partial charge in [0.15, 0.2) is 0 Å². The maximum absolute atomic E-state index is 9.48. The Kier molecular flexibility index (Phi) is 5.51. The van der Waals surface area contributed by atoms with Crippen LogP contribution in [0.1, 0.15) is 33.1 Å². The highest BCUT2D eigenvalue weighted by Crippen LogP contribution is 2.17. The van der Waals surface area contributed by atoms with Crippen LogP contribution >= 0.6 is 0 Å². The van der Waals surface area contributed by atoms with E-state index in [1.807, 2.05) is 6.92 Å². The fourth-order valence-corrected chi connectivity index (χ4v) is 1.36. The van der Waals surface area contributed by atoms with Gasteiger partial charge in [-0.05, 0) is 19.8 Å². The number of aliphatic hydroxyl groups is 2. The molecular formula is C9H19O2. The van der Waals surface area contributed by atoms with E-state index in [0.717, 1.165) is 12.8 Å². The Labute approximate surface area is 69.2 Å². The van der Waals surface area contributed by atoms with Crippen molar-refractivity contribution in [3.63, 3.8) is 0 Å².